The molecule has 0 aliphatic carbocycles. The van der Waals surface area contributed by atoms with Crippen molar-refractivity contribution in [2.45, 2.75) is 26.4 Å². The van der Waals surface area contributed by atoms with Crippen molar-refractivity contribution in [2.24, 2.45) is 0 Å². The smallest absolute Gasteiger partial charge is 0.221 e. The summed E-state index contributed by atoms with van der Waals surface area (Å²) in [6.45, 7) is 4.64. The van der Waals surface area contributed by atoms with Gasteiger partial charge in [0.2, 0.25) is 5.91 Å². The van der Waals surface area contributed by atoms with Crippen molar-refractivity contribution in [1.29, 1.82) is 0 Å². The molecule has 15 heavy (non-hydrogen) atoms. The lowest BCUT2D eigenvalue weighted by Crippen LogP contribution is -2.21. The van der Waals surface area contributed by atoms with E-state index in [0.717, 1.165) is 19.6 Å². The lowest BCUT2D eigenvalue weighted by atomic mass is 10.3. The highest BCUT2D eigenvalue weighted by molar-refractivity contribution is 5.75. The van der Waals surface area contributed by atoms with Gasteiger partial charge >= 0.3 is 0 Å². The van der Waals surface area contributed by atoms with Crippen LogP contribution in [-0.2, 0) is 17.9 Å². The zero-order valence-corrected chi connectivity index (χ0v) is 9.42. The Morgan fingerprint density at radius 2 is 2.33 bits per heavy atom. The molecular formula is C11H19N3O. The van der Waals surface area contributed by atoms with Crippen LogP contribution < -0.4 is 10.6 Å². The molecule has 1 aromatic rings. The number of hydrogen-bond acceptors (Lipinski definition) is 2. The number of aryl methyl sites for hydroxylation is 1. The molecule has 0 saturated heterocycles. The van der Waals surface area contributed by atoms with Crippen molar-refractivity contribution < 1.29 is 4.79 Å². The Hall–Kier alpha value is -1.29. The number of nitrogens with one attached hydrogen (secondary N) is 2. The van der Waals surface area contributed by atoms with Crippen molar-refractivity contribution in [3.63, 3.8) is 0 Å². The Morgan fingerprint density at radius 3 is 3.00 bits per heavy atom. The molecule has 0 fully saturated rings. The Kier molecular flexibility index (Phi) is 4.90. The Bertz CT molecular complexity index is 307. The standard InChI is InChI=1S/C11H19N3O/c1-3-13-9-10-5-4-7-14(10)8-6-11(15)12-2/h4-5,7,13H,3,6,8-9H2,1-2H3,(H,12,15). The van der Waals surface area contributed by atoms with Crippen molar-refractivity contribution in [1.82, 2.24) is 15.2 Å². The van der Waals surface area contributed by atoms with E-state index in [1.807, 2.05) is 12.3 Å². The highest BCUT2D eigenvalue weighted by Gasteiger charge is 2.02. The first kappa shape index (κ1) is 11.8. The number of aromatic nitrogens is 1. The third kappa shape index (κ3) is 3.75. The molecule has 0 radical (unpaired) electrons. The van der Waals surface area contributed by atoms with Crippen LogP contribution in [0.2, 0.25) is 0 Å². The van der Waals surface area contributed by atoms with Crippen LogP contribution in [0, 0.1) is 0 Å². The van der Waals surface area contributed by atoms with Crippen LogP contribution in [0.1, 0.15) is 19.0 Å². The summed E-state index contributed by atoms with van der Waals surface area (Å²) in [5, 5.41) is 5.89. The van der Waals surface area contributed by atoms with E-state index in [9.17, 15) is 4.79 Å². The predicted molar refractivity (Wildman–Crippen MR) is 60.5 cm³/mol. The SMILES string of the molecule is CCNCc1cccn1CCC(=O)NC. The second kappa shape index (κ2) is 6.24. The summed E-state index contributed by atoms with van der Waals surface area (Å²) in [5.74, 6) is 0.0816. The van der Waals surface area contributed by atoms with E-state index in [0.29, 0.717) is 6.42 Å². The second-order valence-corrected chi connectivity index (χ2v) is 3.40. The maximum Gasteiger partial charge on any atom is 0.221 e. The Morgan fingerprint density at radius 1 is 1.53 bits per heavy atom. The van der Waals surface area contributed by atoms with Crippen LogP contribution in [-0.4, -0.2) is 24.1 Å². The van der Waals surface area contributed by atoms with Crippen molar-refractivity contribution >= 4 is 5.91 Å². The monoisotopic (exact) mass is 209 g/mol. The van der Waals surface area contributed by atoms with E-state index in [4.69, 9.17) is 0 Å². The molecule has 4 nitrogen and oxygen atoms in total. The molecular weight excluding hydrogens is 190 g/mol. The molecule has 84 valence electrons. The van der Waals surface area contributed by atoms with Crippen molar-refractivity contribution in [3.05, 3.63) is 24.0 Å². The summed E-state index contributed by atoms with van der Waals surface area (Å²) in [5.41, 5.74) is 1.22. The quantitative estimate of drug-likeness (QED) is 0.725. The average Bonchev–Trinajstić information content (AvgIpc) is 2.70. The van der Waals surface area contributed by atoms with Crippen LogP contribution in [0.4, 0.5) is 0 Å². The van der Waals surface area contributed by atoms with Crippen LogP contribution >= 0.6 is 0 Å². The molecule has 0 aliphatic rings. The third-order valence-electron chi connectivity index (χ3n) is 2.34. The van der Waals surface area contributed by atoms with Gasteiger partial charge in [-0.2, -0.15) is 0 Å². The topological polar surface area (TPSA) is 46.1 Å². The summed E-state index contributed by atoms with van der Waals surface area (Å²) >= 11 is 0. The zero-order valence-electron chi connectivity index (χ0n) is 9.42. The maximum absolute atomic E-state index is 11.1. The van der Waals surface area contributed by atoms with E-state index in [-0.39, 0.29) is 5.91 Å². The van der Waals surface area contributed by atoms with Gasteiger partial charge in [-0.05, 0) is 18.7 Å². The minimum Gasteiger partial charge on any atom is -0.359 e. The summed E-state index contributed by atoms with van der Waals surface area (Å²) in [6.07, 6.45) is 2.54. The Balaban J connectivity index is 2.45. The lowest BCUT2D eigenvalue weighted by Gasteiger charge is -2.08. The van der Waals surface area contributed by atoms with Crippen molar-refractivity contribution in [2.75, 3.05) is 13.6 Å². The van der Waals surface area contributed by atoms with Crippen LogP contribution in [0.25, 0.3) is 0 Å². The first-order valence-electron chi connectivity index (χ1n) is 5.33. The van der Waals surface area contributed by atoms with Gasteiger partial charge in [0.05, 0.1) is 0 Å². The normalized spacial score (nSPS) is 10.3. The molecule has 0 unspecified atom stereocenters. The second-order valence-electron chi connectivity index (χ2n) is 3.40. The van der Waals surface area contributed by atoms with Gasteiger partial charge in [-0.25, -0.2) is 0 Å². The molecule has 0 aromatic carbocycles. The van der Waals surface area contributed by atoms with E-state index in [1.165, 1.54) is 5.69 Å². The molecule has 4 heteroatoms. The summed E-state index contributed by atoms with van der Waals surface area (Å²) in [4.78, 5) is 11.1. The average molecular weight is 209 g/mol. The van der Waals surface area contributed by atoms with E-state index in [1.54, 1.807) is 7.05 Å². The predicted octanol–water partition coefficient (Wildman–Crippen LogP) is 0.734. The first-order chi connectivity index (χ1) is 7.27. The minimum atomic E-state index is 0.0816. The minimum absolute atomic E-state index is 0.0816. The fraction of sp³-hybridized carbons (Fsp3) is 0.545. The van der Waals surface area contributed by atoms with Gasteiger partial charge in [0, 0.05) is 38.4 Å². The fourth-order valence-corrected chi connectivity index (χ4v) is 1.43. The molecule has 2 N–H and O–H groups in total. The van der Waals surface area contributed by atoms with Gasteiger partial charge < -0.3 is 15.2 Å². The molecule has 0 aliphatic heterocycles. The largest absolute Gasteiger partial charge is 0.359 e. The number of amides is 1. The van der Waals surface area contributed by atoms with E-state index >= 15 is 0 Å². The molecule has 0 atom stereocenters. The van der Waals surface area contributed by atoms with Gasteiger partial charge in [0.15, 0.2) is 0 Å². The number of carbonyl (C=O) groups excluding carboxylic acids is 1. The summed E-state index contributed by atoms with van der Waals surface area (Å²) < 4.78 is 2.11. The van der Waals surface area contributed by atoms with Gasteiger partial charge in [-0.15, -0.1) is 0 Å². The van der Waals surface area contributed by atoms with E-state index < -0.39 is 0 Å². The van der Waals surface area contributed by atoms with Crippen molar-refractivity contribution in [3.8, 4) is 0 Å². The molecule has 0 saturated carbocycles. The van der Waals surface area contributed by atoms with Gasteiger partial charge in [0.25, 0.3) is 0 Å². The number of nitrogens with zero attached hydrogens (tertiary/aromatic N) is 1. The van der Waals surface area contributed by atoms with Crippen LogP contribution in [0.5, 0.6) is 0 Å². The van der Waals surface area contributed by atoms with E-state index in [2.05, 4.69) is 28.2 Å². The fourth-order valence-electron chi connectivity index (χ4n) is 1.43. The van der Waals surface area contributed by atoms with Crippen LogP contribution in [0.15, 0.2) is 18.3 Å². The number of carbonyl (C=O) groups is 1. The number of hydrogen-bond donors (Lipinski definition) is 2. The first-order valence-corrected chi connectivity index (χ1v) is 5.33. The molecule has 1 rings (SSSR count). The maximum atomic E-state index is 11.1. The highest BCUT2D eigenvalue weighted by Crippen LogP contribution is 2.03. The molecule has 1 aromatic heterocycles. The summed E-state index contributed by atoms with van der Waals surface area (Å²) in [7, 11) is 1.66. The summed E-state index contributed by atoms with van der Waals surface area (Å²) in [6, 6.07) is 4.09. The van der Waals surface area contributed by atoms with Gasteiger partial charge in [0.1, 0.15) is 0 Å². The molecule has 0 bridgehead atoms. The van der Waals surface area contributed by atoms with Gasteiger partial charge in [-0.1, -0.05) is 6.92 Å². The molecule has 1 heterocycles. The highest BCUT2D eigenvalue weighted by atomic mass is 16.1. The molecule has 1 amide bonds. The number of rotatable bonds is 6. The lowest BCUT2D eigenvalue weighted by molar-refractivity contribution is -0.120. The molecule has 0 spiro atoms. The zero-order chi connectivity index (χ0) is 11.1. The van der Waals surface area contributed by atoms with Gasteiger partial charge in [-0.3, -0.25) is 4.79 Å². The third-order valence-corrected chi connectivity index (χ3v) is 2.34. The Labute approximate surface area is 90.7 Å². The van der Waals surface area contributed by atoms with Crippen LogP contribution in [0.3, 0.4) is 0 Å².